The molecule has 1 aromatic rings. The van der Waals surface area contributed by atoms with Crippen LogP contribution < -0.4 is 4.74 Å². The second-order valence-corrected chi connectivity index (χ2v) is 3.57. The molecule has 0 aromatic carbocycles. The number of hydrogen-bond donors (Lipinski definition) is 0. The van der Waals surface area contributed by atoms with Crippen LogP contribution in [0.25, 0.3) is 0 Å². The van der Waals surface area contributed by atoms with E-state index < -0.39 is 0 Å². The van der Waals surface area contributed by atoms with Crippen LogP contribution in [0, 0.1) is 0 Å². The molecule has 0 atom stereocenters. The van der Waals surface area contributed by atoms with Gasteiger partial charge in [-0.3, -0.25) is 4.79 Å². The van der Waals surface area contributed by atoms with Crippen LogP contribution in [0.2, 0.25) is 0 Å². The van der Waals surface area contributed by atoms with E-state index in [9.17, 15) is 9.59 Å². The number of unbranched alkanes of at least 4 members (excludes halogenated alkanes) is 1. The van der Waals surface area contributed by atoms with E-state index in [4.69, 9.17) is 4.74 Å². The molecule has 1 aromatic heterocycles. The predicted octanol–water partition coefficient (Wildman–Crippen LogP) is 1.60. The standard InChI is InChI=1S/C12H16N2O3/c1-3-10-12(9(2)16)13-8-11(14-10)17-7-5-4-6-15/h6,8H,3-5,7H2,1-2H3. The smallest absolute Gasteiger partial charge is 0.232 e. The van der Waals surface area contributed by atoms with Gasteiger partial charge in [0.15, 0.2) is 5.78 Å². The molecular weight excluding hydrogens is 220 g/mol. The molecule has 0 N–H and O–H groups in total. The lowest BCUT2D eigenvalue weighted by molar-refractivity contribution is -0.108. The molecule has 0 spiro atoms. The first kappa shape index (κ1) is 13.3. The van der Waals surface area contributed by atoms with E-state index >= 15 is 0 Å². The van der Waals surface area contributed by atoms with Gasteiger partial charge in [0.05, 0.1) is 18.5 Å². The number of carbonyl (C=O) groups is 2. The van der Waals surface area contributed by atoms with Gasteiger partial charge in [0.1, 0.15) is 12.0 Å². The number of rotatable bonds is 7. The number of aromatic nitrogens is 2. The molecule has 0 aliphatic carbocycles. The summed E-state index contributed by atoms with van der Waals surface area (Å²) in [6.45, 7) is 3.80. The van der Waals surface area contributed by atoms with Gasteiger partial charge in [-0.1, -0.05) is 6.92 Å². The molecule has 0 amide bonds. The third kappa shape index (κ3) is 3.94. The van der Waals surface area contributed by atoms with Gasteiger partial charge >= 0.3 is 0 Å². The summed E-state index contributed by atoms with van der Waals surface area (Å²) in [5, 5.41) is 0. The first-order valence-corrected chi connectivity index (χ1v) is 5.62. The van der Waals surface area contributed by atoms with Crippen molar-refractivity contribution in [2.45, 2.75) is 33.1 Å². The first-order chi connectivity index (χ1) is 8.19. The summed E-state index contributed by atoms with van der Waals surface area (Å²) in [5.74, 6) is 0.305. The Morgan fingerprint density at radius 1 is 1.53 bits per heavy atom. The van der Waals surface area contributed by atoms with Crippen LogP contribution in [-0.2, 0) is 11.2 Å². The molecule has 0 unspecified atom stereocenters. The van der Waals surface area contributed by atoms with E-state index in [0.717, 1.165) is 6.29 Å². The Morgan fingerprint density at radius 2 is 2.29 bits per heavy atom. The molecule has 1 rings (SSSR count). The van der Waals surface area contributed by atoms with E-state index in [0.29, 0.717) is 43.1 Å². The summed E-state index contributed by atoms with van der Waals surface area (Å²) in [7, 11) is 0. The summed E-state index contributed by atoms with van der Waals surface area (Å²) < 4.78 is 5.34. The molecule has 0 aliphatic rings. The van der Waals surface area contributed by atoms with E-state index in [1.165, 1.54) is 13.1 Å². The number of hydrogen-bond acceptors (Lipinski definition) is 5. The molecule has 0 saturated heterocycles. The lowest BCUT2D eigenvalue weighted by atomic mass is 10.2. The highest BCUT2D eigenvalue weighted by molar-refractivity contribution is 5.93. The van der Waals surface area contributed by atoms with Crippen LogP contribution in [0.15, 0.2) is 6.20 Å². The zero-order valence-corrected chi connectivity index (χ0v) is 10.1. The maximum absolute atomic E-state index is 11.3. The Hall–Kier alpha value is -1.78. The molecule has 0 bridgehead atoms. The van der Waals surface area contributed by atoms with E-state index in [-0.39, 0.29) is 5.78 Å². The van der Waals surface area contributed by atoms with Gasteiger partial charge in [0.25, 0.3) is 0 Å². The fourth-order valence-corrected chi connectivity index (χ4v) is 1.36. The second kappa shape index (κ2) is 6.73. The average Bonchev–Trinajstić information content (AvgIpc) is 2.34. The highest BCUT2D eigenvalue weighted by atomic mass is 16.5. The zero-order chi connectivity index (χ0) is 12.7. The van der Waals surface area contributed by atoms with Crippen molar-refractivity contribution in [3.63, 3.8) is 0 Å². The van der Waals surface area contributed by atoms with Crippen molar-refractivity contribution in [2.75, 3.05) is 6.61 Å². The van der Waals surface area contributed by atoms with Crippen LogP contribution in [-0.4, -0.2) is 28.6 Å². The molecule has 92 valence electrons. The van der Waals surface area contributed by atoms with Gasteiger partial charge in [0, 0.05) is 13.3 Å². The normalized spacial score (nSPS) is 10.0. The van der Waals surface area contributed by atoms with Crippen molar-refractivity contribution < 1.29 is 14.3 Å². The molecule has 0 aliphatic heterocycles. The number of ketones is 1. The number of Topliss-reactive ketones (excluding diaryl/α,β-unsaturated/α-hetero) is 1. The SMILES string of the molecule is CCc1nc(OCCCC=O)cnc1C(C)=O. The van der Waals surface area contributed by atoms with Crippen LogP contribution in [0.1, 0.15) is 42.9 Å². The van der Waals surface area contributed by atoms with Crippen LogP contribution in [0.3, 0.4) is 0 Å². The monoisotopic (exact) mass is 236 g/mol. The van der Waals surface area contributed by atoms with Crippen molar-refractivity contribution >= 4 is 12.1 Å². The largest absolute Gasteiger partial charge is 0.477 e. The van der Waals surface area contributed by atoms with Gasteiger partial charge in [-0.15, -0.1) is 0 Å². The Kier molecular flexibility index (Phi) is 5.26. The minimum atomic E-state index is -0.0955. The predicted molar refractivity (Wildman–Crippen MR) is 62.2 cm³/mol. The second-order valence-electron chi connectivity index (χ2n) is 3.57. The summed E-state index contributed by atoms with van der Waals surface area (Å²) in [5.41, 5.74) is 1.04. The Bertz CT molecular complexity index is 405. The highest BCUT2D eigenvalue weighted by Gasteiger charge is 2.10. The Balaban J connectivity index is 2.69. The number of nitrogens with zero attached hydrogens (tertiary/aromatic N) is 2. The third-order valence-corrected chi connectivity index (χ3v) is 2.21. The minimum Gasteiger partial charge on any atom is -0.477 e. The van der Waals surface area contributed by atoms with Crippen LogP contribution >= 0.6 is 0 Å². The quantitative estimate of drug-likeness (QED) is 0.408. The summed E-state index contributed by atoms with van der Waals surface area (Å²) in [6, 6.07) is 0. The van der Waals surface area contributed by atoms with Crippen molar-refractivity contribution in [1.82, 2.24) is 9.97 Å². The van der Waals surface area contributed by atoms with Gasteiger partial charge in [-0.25, -0.2) is 9.97 Å². The summed E-state index contributed by atoms with van der Waals surface area (Å²) in [4.78, 5) is 29.6. The number of aldehydes is 1. The molecule has 0 radical (unpaired) electrons. The fraction of sp³-hybridized carbons (Fsp3) is 0.500. The highest BCUT2D eigenvalue weighted by Crippen LogP contribution is 2.11. The van der Waals surface area contributed by atoms with Crippen molar-refractivity contribution in [2.24, 2.45) is 0 Å². The average molecular weight is 236 g/mol. The van der Waals surface area contributed by atoms with Gasteiger partial charge < -0.3 is 9.53 Å². The Labute approximate surface area is 100 Å². The topological polar surface area (TPSA) is 69.2 Å². The molecule has 5 heteroatoms. The minimum absolute atomic E-state index is 0.0955. The fourth-order valence-electron chi connectivity index (χ4n) is 1.36. The van der Waals surface area contributed by atoms with E-state index in [1.54, 1.807) is 0 Å². The van der Waals surface area contributed by atoms with E-state index in [2.05, 4.69) is 9.97 Å². The third-order valence-electron chi connectivity index (χ3n) is 2.21. The van der Waals surface area contributed by atoms with Gasteiger partial charge in [0.2, 0.25) is 5.88 Å². The number of ether oxygens (including phenoxy) is 1. The lowest BCUT2D eigenvalue weighted by Crippen LogP contribution is -2.08. The maximum Gasteiger partial charge on any atom is 0.232 e. The van der Waals surface area contributed by atoms with Crippen molar-refractivity contribution in [3.8, 4) is 5.88 Å². The van der Waals surface area contributed by atoms with Gasteiger partial charge in [-0.2, -0.15) is 0 Å². The van der Waals surface area contributed by atoms with Crippen molar-refractivity contribution in [1.29, 1.82) is 0 Å². The first-order valence-electron chi connectivity index (χ1n) is 5.62. The Morgan fingerprint density at radius 3 is 2.88 bits per heavy atom. The molecule has 0 fully saturated rings. The number of aryl methyl sites for hydroxylation is 1. The molecule has 5 nitrogen and oxygen atoms in total. The lowest BCUT2D eigenvalue weighted by Gasteiger charge is -2.07. The zero-order valence-electron chi connectivity index (χ0n) is 10.1. The summed E-state index contributed by atoms with van der Waals surface area (Å²) in [6.07, 6.45) is 4.05. The number of carbonyl (C=O) groups excluding carboxylic acids is 2. The van der Waals surface area contributed by atoms with Crippen LogP contribution in [0.5, 0.6) is 5.88 Å². The molecule has 17 heavy (non-hydrogen) atoms. The van der Waals surface area contributed by atoms with Crippen molar-refractivity contribution in [3.05, 3.63) is 17.6 Å². The summed E-state index contributed by atoms with van der Waals surface area (Å²) >= 11 is 0. The van der Waals surface area contributed by atoms with Gasteiger partial charge in [-0.05, 0) is 12.8 Å². The van der Waals surface area contributed by atoms with E-state index in [1.807, 2.05) is 6.92 Å². The van der Waals surface area contributed by atoms with Crippen LogP contribution in [0.4, 0.5) is 0 Å². The maximum atomic E-state index is 11.3. The molecular formula is C12H16N2O3. The molecule has 1 heterocycles. The molecule has 0 saturated carbocycles.